The van der Waals surface area contributed by atoms with Crippen LogP contribution in [0.3, 0.4) is 0 Å². The lowest BCUT2D eigenvalue weighted by atomic mass is 9.97. The van der Waals surface area contributed by atoms with Gasteiger partial charge in [0, 0.05) is 25.8 Å². The second-order valence-electron chi connectivity index (χ2n) is 7.00. The molecule has 0 saturated carbocycles. The van der Waals surface area contributed by atoms with Crippen LogP contribution < -0.4 is 10.2 Å². The minimum absolute atomic E-state index is 0.324. The van der Waals surface area contributed by atoms with Crippen LogP contribution in [-0.2, 0) is 4.74 Å². The van der Waals surface area contributed by atoms with Crippen molar-refractivity contribution in [2.75, 3.05) is 24.5 Å². The highest BCUT2D eigenvalue weighted by atomic mass is 16.6. The van der Waals surface area contributed by atoms with Crippen LogP contribution in [-0.4, -0.2) is 36.3 Å². The minimum Gasteiger partial charge on any atom is -0.444 e. The Morgan fingerprint density at radius 3 is 2.68 bits per heavy atom. The number of rotatable bonds is 3. The smallest absolute Gasteiger partial charge is 0.407 e. The van der Waals surface area contributed by atoms with Gasteiger partial charge in [0.2, 0.25) is 0 Å². The highest BCUT2D eigenvalue weighted by Crippen LogP contribution is 2.22. The lowest BCUT2D eigenvalue weighted by Gasteiger charge is -2.33. The predicted molar refractivity (Wildman–Crippen MR) is 88.1 cm³/mol. The van der Waals surface area contributed by atoms with Crippen LogP contribution in [0.15, 0.2) is 18.3 Å². The Bertz CT molecular complexity index is 503. The number of hydrogen-bond acceptors (Lipinski definition) is 4. The summed E-state index contributed by atoms with van der Waals surface area (Å²) >= 11 is 0. The molecule has 0 aliphatic carbocycles. The number of piperidine rings is 1. The van der Waals surface area contributed by atoms with Gasteiger partial charge >= 0.3 is 6.09 Å². The Balaban J connectivity index is 1.74. The van der Waals surface area contributed by atoms with E-state index in [-0.39, 0.29) is 6.09 Å². The second-order valence-corrected chi connectivity index (χ2v) is 7.00. The van der Waals surface area contributed by atoms with E-state index in [1.54, 1.807) is 0 Å². The number of ether oxygens (including phenoxy) is 1. The van der Waals surface area contributed by atoms with Crippen LogP contribution >= 0.6 is 0 Å². The molecule has 5 heteroatoms. The number of amides is 1. The number of alkyl carbamates (subject to hydrolysis) is 1. The van der Waals surface area contributed by atoms with E-state index in [1.807, 2.05) is 33.0 Å². The Kier molecular flexibility index (Phi) is 5.27. The molecule has 1 fully saturated rings. The zero-order chi connectivity index (χ0) is 16.2. The Hall–Kier alpha value is -1.78. The summed E-state index contributed by atoms with van der Waals surface area (Å²) in [6, 6.07) is 4.14. The van der Waals surface area contributed by atoms with Gasteiger partial charge in [0.25, 0.3) is 0 Å². The van der Waals surface area contributed by atoms with E-state index in [4.69, 9.17) is 4.74 Å². The third-order valence-corrected chi connectivity index (χ3v) is 3.77. The highest BCUT2D eigenvalue weighted by Gasteiger charge is 2.22. The molecule has 1 aromatic rings. The second kappa shape index (κ2) is 6.99. The monoisotopic (exact) mass is 305 g/mol. The first-order valence-corrected chi connectivity index (χ1v) is 7.98. The summed E-state index contributed by atoms with van der Waals surface area (Å²) < 4.78 is 5.26. The summed E-state index contributed by atoms with van der Waals surface area (Å²) in [6.07, 6.45) is 3.66. The number of aromatic nitrogens is 1. The van der Waals surface area contributed by atoms with Gasteiger partial charge in [0.15, 0.2) is 0 Å². The molecular formula is C17H27N3O2. The molecule has 0 atom stereocenters. The van der Waals surface area contributed by atoms with E-state index < -0.39 is 5.60 Å². The molecule has 22 heavy (non-hydrogen) atoms. The molecule has 1 amide bonds. The van der Waals surface area contributed by atoms with Crippen LogP contribution in [0.1, 0.15) is 39.2 Å². The van der Waals surface area contributed by atoms with Gasteiger partial charge in [0.1, 0.15) is 11.4 Å². The maximum Gasteiger partial charge on any atom is 0.407 e. The van der Waals surface area contributed by atoms with Crippen molar-refractivity contribution >= 4 is 11.9 Å². The van der Waals surface area contributed by atoms with E-state index >= 15 is 0 Å². The standard InChI is InChI=1S/C17H27N3O2/c1-13-5-8-18-15(11-13)20-9-6-14(7-10-20)12-19-16(21)22-17(2,3)4/h5,8,11,14H,6-7,9-10,12H2,1-4H3,(H,19,21). The summed E-state index contributed by atoms with van der Waals surface area (Å²) in [7, 11) is 0. The summed E-state index contributed by atoms with van der Waals surface area (Å²) in [4.78, 5) is 18.4. The molecule has 0 aromatic carbocycles. The lowest BCUT2D eigenvalue weighted by Crippen LogP contribution is -2.40. The molecule has 5 nitrogen and oxygen atoms in total. The molecule has 1 saturated heterocycles. The molecule has 1 N–H and O–H groups in total. The third kappa shape index (κ3) is 5.20. The van der Waals surface area contributed by atoms with Gasteiger partial charge < -0.3 is 15.0 Å². The zero-order valence-corrected chi connectivity index (χ0v) is 14.1. The average molecular weight is 305 g/mol. The Morgan fingerprint density at radius 1 is 1.41 bits per heavy atom. The molecule has 0 radical (unpaired) electrons. The van der Waals surface area contributed by atoms with Gasteiger partial charge in [0.05, 0.1) is 0 Å². The number of aryl methyl sites for hydroxylation is 1. The molecule has 1 aromatic heterocycles. The van der Waals surface area contributed by atoms with E-state index in [2.05, 4.69) is 28.2 Å². The predicted octanol–water partition coefficient (Wildman–Crippen LogP) is 3.13. The molecule has 0 unspecified atom stereocenters. The Morgan fingerprint density at radius 2 is 2.09 bits per heavy atom. The first-order chi connectivity index (χ1) is 10.3. The summed E-state index contributed by atoms with van der Waals surface area (Å²) in [5, 5.41) is 2.88. The normalized spacial score (nSPS) is 16.5. The molecule has 2 heterocycles. The molecular weight excluding hydrogens is 278 g/mol. The fourth-order valence-corrected chi connectivity index (χ4v) is 2.60. The quantitative estimate of drug-likeness (QED) is 0.932. The fourth-order valence-electron chi connectivity index (χ4n) is 2.60. The topological polar surface area (TPSA) is 54.5 Å². The van der Waals surface area contributed by atoms with Crippen LogP contribution in [0.25, 0.3) is 0 Å². The number of carbonyl (C=O) groups is 1. The number of nitrogens with zero attached hydrogens (tertiary/aromatic N) is 2. The van der Waals surface area contributed by atoms with Gasteiger partial charge in [-0.3, -0.25) is 0 Å². The van der Waals surface area contributed by atoms with Crippen molar-refractivity contribution in [3.63, 3.8) is 0 Å². The number of hydrogen-bond donors (Lipinski definition) is 1. The van der Waals surface area contributed by atoms with Gasteiger partial charge in [-0.2, -0.15) is 0 Å². The van der Waals surface area contributed by atoms with Crippen molar-refractivity contribution in [1.29, 1.82) is 0 Å². The molecule has 1 aliphatic rings. The van der Waals surface area contributed by atoms with Crippen LogP contribution in [0.2, 0.25) is 0 Å². The highest BCUT2D eigenvalue weighted by molar-refractivity contribution is 5.67. The molecule has 0 bridgehead atoms. The van der Waals surface area contributed by atoms with Crippen molar-refractivity contribution in [3.05, 3.63) is 23.9 Å². The summed E-state index contributed by atoms with van der Waals surface area (Å²) in [5.41, 5.74) is 0.795. The number of anilines is 1. The first kappa shape index (κ1) is 16.6. The lowest BCUT2D eigenvalue weighted by molar-refractivity contribution is 0.0517. The van der Waals surface area contributed by atoms with Crippen molar-refractivity contribution in [1.82, 2.24) is 10.3 Å². The van der Waals surface area contributed by atoms with Gasteiger partial charge in [-0.25, -0.2) is 9.78 Å². The van der Waals surface area contributed by atoms with Crippen molar-refractivity contribution in [2.24, 2.45) is 5.92 Å². The van der Waals surface area contributed by atoms with E-state index in [9.17, 15) is 4.79 Å². The van der Waals surface area contributed by atoms with Crippen LogP contribution in [0.4, 0.5) is 10.6 Å². The van der Waals surface area contributed by atoms with Gasteiger partial charge in [-0.15, -0.1) is 0 Å². The Labute approximate surface area is 133 Å². The summed E-state index contributed by atoms with van der Waals surface area (Å²) in [5.74, 6) is 1.56. The van der Waals surface area contributed by atoms with E-state index in [0.29, 0.717) is 12.5 Å². The zero-order valence-electron chi connectivity index (χ0n) is 14.1. The maximum atomic E-state index is 11.7. The molecule has 0 spiro atoms. The SMILES string of the molecule is Cc1ccnc(N2CCC(CNC(=O)OC(C)(C)C)CC2)c1. The van der Waals surface area contributed by atoms with Gasteiger partial charge in [-0.1, -0.05) is 0 Å². The molecule has 2 rings (SSSR count). The van der Waals surface area contributed by atoms with Gasteiger partial charge in [-0.05, 0) is 64.2 Å². The minimum atomic E-state index is -0.440. The van der Waals surface area contributed by atoms with E-state index in [1.165, 1.54) is 5.56 Å². The number of nitrogens with one attached hydrogen (secondary N) is 1. The summed E-state index contributed by atoms with van der Waals surface area (Å²) in [6.45, 7) is 10.4. The van der Waals surface area contributed by atoms with Crippen molar-refractivity contribution in [3.8, 4) is 0 Å². The average Bonchev–Trinajstić information content (AvgIpc) is 2.44. The third-order valence-electron chi connectivity index (χ3n) is 3.77. The largest absolute Gasteiger partial charge is 0.444 e. The molecule has 122 valence electrons. The number of carbonyl (C=O) groups excluding carboxylic acids is 1. The molecule has 1 aliphatic heterocycles. The van der Waals surface area contributed by atoms with Crippen molar-refractivity contribution in [2.45, 2.75) is 46.1 Å². The fraction of sp³-hybridized carbons (Fsp3) is 0.647. The first-order valence-electron chi connectivity index (χ1n) is 7.98. The van der Waals surface area contributed by atoms with Crippen LogP contribution in [0, 0.1) is 12.8 Å². The number of pyridine rings is 1. The van der Waals surface area contributed by atoms with E-state index in [0.717, 1.165) is 31.7 Å². The maximum absolute atomic E-state index is 11.7. The van der Waals surface area contributed by atoms with Crippen LogP contribution in [0.5, 0.6) is 0 Å². The van der Waals surface area contributed by atoms with Crippen molar-refractivity contribution < 1.29 is 9.53 Å².